The second-order valence-corrected chi connectivity index (χ2v) is 19.5. The van der Waals surface area contributed by atoms with Crippen LogP contribution < -0.4 is 0 Å². The van der Waals surface area contributed by atoms with Gasteiger partial charge >= 0.3 is 0 Å². The Morgan fingerprint density at radius 2 is 0.359 bits per heavy atom. The molecule has 0 saturated carbocycles. The molecule has 9 rings (SSSR count). The molecular formula is C52H36Br4O8. The molecule has 8 aromatic carbocycles. The normalized spacial score (nSPS) is 16.9. The molecule has 0 atom stereocenters. The van der Waals surface area contributed by atoms with E-state index in [0.29, 0.717) is 22.3 Å². The van der Waals surface area contributed by atoms with Crippen LogP contribution in [-0.2, 0) is 0 Å². The van der Waals surface area contributed by atoms with Crippen LogP contribution in [0.4, 0.5) is 0 Å². The van der Waals surface area contributed by atoms with Gasteiger partial charge in [0.05, 0.1) is 0 Å². The van der Waals surface area contributed by atoms with Gasteiger partial charge in [-0.15, -0.1) is 0 Å². The van der Waals surface area contributed by atoms with E-state index in [4.69, 9.17) is 0 Å². The highest BCUT2D eigenvalue weighted by Crippen LogP contribution is 2.54. The molecule has 8 bridgehead atoms. The number of hydrogen-bond donors (Lipinski definition) is 8. The number of hydrogen-bond acceptors (Lipinski definition) is 8. The Labute approximate surface area is 401 Å². The minimum Gasteiger partial charge on any atom is -0.507 e. The van der Waals surface area contributed by atoms with Crippen LogP contribution in [0.2, 0.25) is 0 Å². The Morgan fingerprint density at radius 1 is 0.219 bits per heavy atom. The lowest BCUT2D eigenvalue weighted by Gasteiger charge is -2.29. The zero-order valence-corrected chi connectivity index (χ0v) is 39.6. The van der Waals surface area contributed by atoms with Gasteiger partial charge < -0.3 is 40.9 Å². The Morgan fingerprint density at radius 3 is 0.500 bits per heavy atom. The van der Waals surface area contributed by atoms with E-state index in [-0.39, 0.29) is 90.5 Å². The summed E-state index contributed by atoms with van der Waals surface area (Å²) in [5, 5.41) is 95.7. The van der Waals surface area contributed by atoms with Gasteiger partial charge in [0.25, 0.3) is 0 Å². The van der Waals surface area contributed by atoms with Gasteiger partial charge in [0, 0.05) is 110 Å². The summed E-state index contributed by atoms with van der Waals surface area (Å²) in [4.78, 5) is 0. The van der Waals surface area contributed by atoms with Crippen LogP contribution in [0.5, 0.6) is 46.0 Å². The highest BCUT2D eigenvalue weighted by atomic mass is 79.9. The van der Waals surface area contributed by atoms with Crippen LogP contribution in [0, 0.1) is 0 Å². The molecule has 8 nitrogen and oxygen atoms in total. The highest BCUT2D eigenvalue weighted by Gasteiger charge is 2.35. The third kappa shape index (κ3) is 7.97. The fourth-order valence-electron chi connectivity index (χ4n) is 9.02. The summed E-state index contributed by atoms with van der Waals surface area (Å²) in [7, 11) is 0. The summed E-state index contributed by atoms with van der Waals surface area (Å²) >= 11 is 14.1. The topological polar surface area (TPSA) is 162 Å². The first-order valence-corrected chi connectivity index (χ1v) is 23.1. The zero-order valence-electron chi connectivity index (χ0n) is 33.3. The Bertz CT molecular complexity index is 2560. The van der Waals surface area contributed by atoms with E-state index in [9.17, 15) is 40.9 Å². The molecule has 0 unspecified atom stereocenters. The van der Waals surface area contributed by atoms with Gasteiger partial charge in [0.1, 0.15) is 46.0 Å². The lowest BCUT2D eigenvalue weighted by atomic mass is 9.75. The maximum atomic E-state index is 12.0. The van der Waals surface area contributed by atoms with Crippen molar-refractivity contribution in [2.45, 2.75) is 23.7 Å². The van der Waals surface area contributed by atoms with Crippen molar-refractivity contribution in [2.75, 3.05) is 0 Å². The molecule has 320 valence electrons. The van der Waals surface area contributed by atoms with Crippen LogP contribution in [0.3, 0.4) is 0 Å². The molecule has 64 heavy (non-hydrogen) atoms. The second kappa shape index (κ2) is 17.2. The molecule has 12 heteroatoms. The molecule has 0 spiro atoms. The predicted molar refractivity (Wildman–Crippen MR) is 259 cm³/mol. The van der Waals surface area contributed by atoms with Gasteiger partial charge in [-0.1, -0.05) is 112 Å². The molecule has 0 amide bonds. The summed E-state index contributed by atoms with van der Waals surface area (Å²) in [6, 6.07) is 40.8. The number of phenolic OH excluding ortho intramolecular Hbond substituents is 8. The molecule has 8 aromatic rings. The number of phenols is 8. The van der Waals surface area contributed by atoms with Crippen LogP contribution >= 0.6 is 63.7 Å². The average Bonchev–Trinajstić information content (AvgIpc) is 3.25. The van der Waals surface area contributed by atoms with E-state index in [2.05, 4.69) is 63.7 Å². The first kappa shape index (κ1) is 43.3. The van der Waals surface area contributed by atoms with Gasteiger partial charge in [0.15, 0.2) is 0 Å². The summed E-state index contributed by atoms with van der Waals surface area (Å²) < 4.78 is 3.11. The molecule has 0 saturated heterocycles. The van der Waals surface area contributed by atoms with Crippen LogP contribution in [-0.4, -0.2) is 40.9 Å². The maximum absolute atomic E-state index is 12.0. The van der Waals surface area contributed by atoms with Crippen molar-refractivity contribution in [1.82, 2.24) is 0 Å². The third-order valence-electron chi connectivity index (χ3n) is 12.0. The lowest BCUT2D eigenvalue weighted by molar-refractivity contribution is 0.431. The zero-order chi connectivity index (χ0) is 45.1. The molecule has 0 fully saturated rings. The fourth-order valence-corrected chi connectivity index (χ4v) is 10.1. The molecule has 8 N–H and O–H groups in total. The monoisotopic (exact) mass is 1100 g/mol. The minimum atomic E-state index is -0.939. The van der Waals surface area contributed by atoms with Gasteiger partial charge in [-0.05, 0) is 95.1 Å². The van der Waals surface area contributed by atoms with E-state index < -0.39 is 23.7 Å². The lowest BCUT2D eigenvalue weighted by Crippen LogP contribution is -2.13. The molecule has 0 radical (unpaired) electrons. The van der Waals surface area contributed by atoms with Gasteiger partial charge in [-0.2, -0.15) is 0 Å². The molecule has 1 aliphatic carbocycles. The SMILES string of the molecule is Oc1cc(O)c2cc1C(c1ccc(Br)cc1)c1cc(c(O)cc1O)C(c1ccc(Br)cc1)c1cc(c(O)cc1O)C(c1ccc(Br)cc1)c1cc(c(O)cc1O)C2c1ccc(Br)cc1. The fraction of sp³-hybridized carbons (Fsp3) is 0.0769. The van der Waals surface area contributed by atoms with Crippen molar-refractivity contribution in [3.05, 3.63) is 230 Å². The molecule has 1 aliphatic rings. The predicted octanol–water partition coefficient (Wildman–Crippen LogP) is 13.4. The molecular weight excluding hydrogens is 1070 g/mol. The number of rotatable bonds is 4. The Hall–Kier alpha value is -5.92. The highest BCUT2D eigenvalue weighted by molar-refractivity contribution is 9.11. The third-order valence-corrected chi connectivity index (χ3v) is 14.1. The minimum absolute atomic E-state index is 0.275. The second-order valence-electron chi connectivity index (χ2n) is 15.8. The van der Waals surface area contributed by atoms with Crippen molar-refractivity contribution in [2.24, 2.45) is 0 Å². The number of aromatic hydroxyl groups is 8. The number of fused-ring (bicyclic) bond motifs is 8. The van der Waals surface area contributed by atoms with E-state index in [0.717, 1.165) is 17.9 Å². The first-order valence-electron chi connectivity index (χ1n) is 19.9. The van der Waals surface area contributed by atoms with E-state index in [1.807, 2.05) is 97.1 Å². The quantitative estimate of drug-likeness (QED) is 0.0864. The van der Waals surface area contributed by atoms with Crippen molar-refractivity contribution >= 4 is 63.7 Å². The van der Waals surface area contributed by atoms with E-state index in [1.165, 1.54) is 24.3 Å². The number of halogens is 4. The van der Waals surface area contributed by atoms with Crippen LogP contribution in [0.15, 0.2) is 163 Å². The molecule has 0 aliphatic heterocycles. The summed E-state index contributed by atoms with van der Waals surface area (Å²) in [6.45, 7) is 0. The number of benzene rings is 8. The van der Waals surface area contributed by atoms with E-state index >= 15 is 0 Å². The van der Waals surface area contributed by atoms with Crippen molar-refractivity contribution in [3.8, 4) is 46.0 Å². The molecule has 0 heterocycles. The van der Waals surface area contributed by atoms with Crippen LogP contribution in [0.25, 0.3) is 0 Å². The van der Waals surface area contributed by atoms with Gasteiger partial charge in [0.2, 0.25) is 0 Å². The average molecular weight is 1110 g/mol. The van der Waals surface area contributed by atoms with Gasteiger partial charge in [-0.25, -0.2) is 0 Å². The van der Waals surface area contributed by atoms with Gasteiger partial charge in [-0.3, -0.25) is 0 Å². The standard InChI is InChI=1S/C52H36Br4O8/c53-29-9-1-25(2-10-29)49-33-17-35(43(59)21-41(33)57)50(26-3-11-30(54)12-4-26)37-19-39(47(63)23-45(37)61)52(28-7-15-32(56)16-8-28)40-20-38(46(62)24-48(40)64)51(27-5-13-31(55)14-6-27)36-18-34(49)42(58)22-44(36)60/h1-24,49-52,57-64H. The van der Waals surface area contributed by atoms with Crippen LogP contribution in [0.1, 0.15) is 90.4 Å². The maximum Gasteiger partial charge on any atom is 0.123 e. The smallest absolute Gasteiger partial charge is 0.123 e. The Balaban J connectivity index is 1.48. The van der Waals surface area contributed by atoms with E-state index in [1.54, 1.807) is 24.3 Å². The van der Waals surface area contributed by atoms with Crippen molar-refractivity contribution in [3.63, 3.8) is 0 Å². The first-order chi connectivity index (χ1) is 30.7. The summed E-state index contributed by atoms with van der Waals surface area (Å²) in [6.07, 6.45) is 0. The summed E-state index contributed by atoms with van der Waals surface area (Å²) in [5.74, 6) is -6.13. The molecule has 0 aromatic heterocycles. The van der Waals surface area contributed by atoms with Crippen molar-refractivity contribution < 1.29 is 40.9 Å². The van der Waals surface area contributed by atoms with Crippen molar-refractivity contribution in [1.29, 1.82) is 0 Å². The largest absolute Gasteiger partial charge is 0.507 e. The summed E-state index contributed by atoms with van der Waals surface area (Å²) in [5.41, 5.74) is 4.72. The Kier molecular flexibility index (Phi) is 11.7.